The maximum absolute atomic E-state index is 11.8. The van der Waals surface area contributed by atoms with Crippen molar-refractivity contribution in [2.24, 2.45) is 10.7 Å². The Bertz CT molecular complexity index is 1020. The third kappa shape index (κ3) is 3.88. The van der Waals surface area contributed by atoms with E-state index in [4.69, 9.17) is 22.6 Å². The molecule has 1 aromatic heterocycles. The number of halogens is 1. The van der Waals surface area contributed by atoms with Crippen molar-refractivity contribution in [1.29, 1.82) is 5.26 Å². The van der Waals surface area contributed by atoms with Gasteiger partial charge in [-0.25, -0.2) is 4.99 Å². The lowest BCUT2D eigenvalue weighted by molar-refractivity contribution is 0.100. The number of nitrogens with two attached hydrogens (primary N) is 1. The van der Waals surface area contributed by atoms with Gasteiger partial charge in [0.1, 0.15) is 11.4 Å². The lowest BCUT2D eigenvalue weighted by atomic mass is 10.2. The second-order valence-electron chi connectivity index (χ2n) is 5.29. The minimum Gasteiger partial charge on any atom is -0.365 e. The molecule has 0 saturated carbocycles. The zero-order valence-corrected chi connectivity index (χ0v) is 14.2. The number of carbonyl (C=O) groups is 1. The van der Waals surface area contributed by atoms with E-state index in [1.807, 2.05) is 6.07 Å². The fourth-order valence-electron chi connectivity index (χ4n) is 2.24. The van der Waals surface area contributed by atoms with Crippen LogP contribution in [0.1, 0.15) is 21.5 Å². The maximum atomic E-state index is 11.8. The van der Waals surface area contributed by atoms with Crippen LogP contribution in [0.3, 0.4) is 0 Å². The van der Waals surface area contributed by atoms with Gasteiger partial charge >= 0.3 is 0 Å². The molecule has 128 valence electrons. The standard InChI is InChI=1S/C18H13ClN6O/c19-13-2-1-3-14(8-13)23-18-15(16(21)26)17(24-25-18)22-10-12-6-4-11(9-20)5-7-12/h1-8,10H,(H2,21,26)(H2,23,24,25). The molecule has 0 aliphatic carbocycles. The number of benzene rings is 2. The molecule has 8 heteroatoms. The van der Waals surface area contributed by atoms with E-state index in [-0.39, 0.29) is 11.4 Å². The highest BCUT2D eigenvalue weighted by atomic mass is 35.5. The topological polar surface area (TPSA) is 120 Å². The number of amides is 1. The molecule has 3 aromatic rings. The molecule has 0 aliphatic heterocycles. The average Bonchev–Trinajstić information content (AvgIpc) is 3.03. The number of nitrogens with one attached hydrogen (secondary N) is 2. The van der Waals surface area contributed by atoms with Gasteiger partial charge in [0.05, 0.1) is 11.6 Å². The van der Waals surface area contributed by atoms with Crippen molar-refractivity contribution in [1.82, 2.24) is 10.2 Å². The van der Waals surface area contributed by atoms with Gasteiger partial charge in [-0.1, -0.05) is 29.8 Å². The monoisotopic (exact) mass is 364 g/mol. The number of carbonyl (C=O) groups excluding carboxylic acids is 1. The van der Waals surface area contributed by atoms with Gasteiger partial charge in [-0.2, -0.15) is 10.4 Å². The Kier molecular flexibility index (Phi) is 4.97. The average molecular weight is 365 g/mol. The van der Waals surface area contributed by atoms with Crippen LogP contribution in [0.15, 0.2) is 53.5 Å². The molecule has 0 fully saturated rings. The molecule has 0 atom stereocenters. The van der Waals surface area contributed by atoms with Gasteiger partial charge in [-0.15, -0.1) is 0 Å². The molecular weight excluding hydrogens is 352 g/mol. The van der Waals surface area contributed by atoms with Gasteiger partial charge in [-0.3, -0.25) is 9.89 Å². The number of aromatic amines is 1. The van der Waals surface area contributed by atoms with Gasteiger partial charge in [0, 0.05) is 16.9 Å². The Balaban J connectivity index is 1.88. The Morgan fingerprint density at radius 1 is 1.31 bits per heavy atom. The summed E-state index contributed by atoms with van der Waals surface area (Å²) in [6, 6.07) is 15.9. The summed E-state index contributed by atoms with van der Waals surface area (Å²) in [5, 5.41) is 19.1. The number of anilines is 2. The smallest absolute Gasteiger partial charge is 0.256 e. The Morgan fingerprint density at radius 3 is 2.73 bits per heavy atom. The Hall–Kier alpha value is -3.63. The van der Waals surface area contributed by atoms with Crippen LogP contribution >= 0.6 is 11.6 Å². The lowest BCUT2D eigenvalue weighted by Gasteiger charge is -2.05. The van der Waals surface area contributed by atoms with E-state index in [1.54, 1.807) is 48.5 Å². The number of hydrogen-bond donors (Lipinski definition) is 3. The first-order chi connectivity index (χ1) is 12.6. The van der Waals surface area contributed by atoms with Crippen molar-refractivity contribution in [3.05, 3.63) is 70.2 Å². The van der Waals surface area contributed by atoms with Crippen molar-refractivity contribution in [2.45, 2.75) is 0 Å². The summed E-state index contributed by atoms with van der Waals surface area (Å²) in [7, 11) is 0. The second-order valence-corrected chi connectivity index (χ2v) is 5.73. The minimum absolute atomic E-state index is 0.134. The summed E-state index contributed by atoms with van der Waals surface area (Å²) in [5.41, 5.74) is 7.59. The summed E-state index contributed by atoms with van der Waals surface area (Å²) in [6.45, 7) is 0. The molecule has 1 amide bonds. The predicted molar refractivity (Wildman–Crippen MR) is 100 cm³/mol. The number of aliphatic imine (C=N–C) groups is 1. The van der Waals surface area contributed by atoms with E-state index in [2.05, 4.69) is 20.5 Å². The second kappa shape index (κ2) is 7.51. The van der Waals surface area contributed by atoms with Crippen LogP contribution in [-0.2, 0) is 0 Å². The van der Waals surface area contributed by atoms with Crippen molar-refractivity contribution >= 4 is 41.0 Å². The molecule has 2 aromatic carbocycles. The van der Waals surface area contributed by atoms with E-state index >= 15 is 0 Å². The molecule has 0 radical (unpaired) electrons. The fraction of sp³-hybridized carbons (Fsp3) is 0. The van der Waals surface area contributed by atoms with Gasteiger partial charge in [0.15, 0.2) is 5.82 Å². The molecule has 0 unspecified atom stereocenters. The van der Waals surface area contributed by atoms with Crippen molar-refractivity contribution in [2.75, 3.05) is 5.32 Å². The first-order valence-electron chi connectivity index (χ1n) is 7.52. The summed E-state index contributed by atoms with van der Waals surface area (Å²) in [5.74, 6) is -0.187. The van der Waals surface area contributed by atoms with E-state index in [9.17, 15) is 4.79 Å². The van der Waals surface area contributed by atoms with Gasteiger partial charge in [-0.05, 0) is 35.9 Å². The van der Waals surface area contributed by atoms with Crippen LogP contribution < -0.4 is 11.1 Å². The molecule has 7 nitrogen and oxygen atoms in total. The van der Waals surface area contributed by atoms with Crippen LogP contribution in [0, 0.1) is 11.3 Å². The third-order valence-electron chi connectivity index (χ3n) is 3.46. The number of nitriles is 1. The molecule has 1 heterocycles. The highest BCUT2D eigenvalue weighted by Gasteiger charge is 2.18. The van der Waals surface area contributed by atoms with Crippen LogP contribution in [0.5, 0.6) is 0 Å². The normalized spacial score (nSPS) is 10.6. The number of hydrogen-bond acceptors (Lipinski definition) is 5. The quantitative estimate of drug-likeness (QED) is 0.599. The van der Waals surface area contributed by atoms with Gasteiger partial charge in [0.25, 0.3) is 5.91 Å². The Morgan fingerprint density at radius 2 is 2.08 bits per heavy atom. The first-order valence-corrected chi connectivity index (χ1v) is 7.89. The zero-order chi connectivity index (χ0) is 18.5. The molecular formula is C18H13ClN6O. The van der Waals surface area contributed by atoms with E-state index in [0.717, 1.165) is 5.56 Å². The predicted octanol–water partition coefficient (Wildman–Crippen LogP) is 3.53. The fourth-order valence-corrected chi connectivity index (χ4v) is 2.43. The third-order valence-corrected chi connectivity index (χ3v) is 3.70. The minimum atomic E-state index is -0.671. The number of H-pyrrole nitrogens is 1. The number of nitrogens with zero attached hydrogens (tertiary/aromatic N) is 3. The lowest BCUT2D eigenvalue weighted by Crippen LogP contribution is -2.12. The first kappa shape index (κ1) is 17.2. The highest BCUT2D eigenvalue weighted by molar-refractivity contribution is 6.30. The maximum Gasteiger partial charge on any atom is 0.256 e. The van der Waals surface area contributed by atoms with Crippen LogP contribution in [0.2, 0.25) is 5.02 Å². The molecule has 3 rings (SSSR count). The number of aromatic nitrogens is 2. The summed E-state index contributed by atoms with van der Waals surface area (Å²) in [6.07, 6.45) is 1.53. The Labute approximate surface area is 154 Å². The SMILES string of the molecule is N#Cc1ccc(C=Nc2n[nH]c(Nc3cccc(Cl)c3)c2C(N)=O)cc1. The summed E-state index contributed by atoms with van der Waals surface area (Å²) in [4.78, 5) is 16.1. The van der Waals surface area contributed by atoms with E-state index in [0.29, 0.717) is 22.1 Å². The summed E-state index contributed by atoms with van der Waals surface area (Å²) >= 11 is 5.96. The largest absolute Gasteiger partial charge is 0.365 e. The van der Waals surface area contributed by atoms with Crippen molar-refractivity contribution in [3.63, 3.8) is 0 Å². The van der Waals surface area contributed by atoms with Gasteiger partial charge < -0.3 is 11.1 Å². The van der Waals surface area contributed by atoms with Crippen molar-refractivity contribution in [3.8, 4) is 6.07 Å². The molecule has 26 heavy (non-hydrogen) atoms. The number of rotatable bonds is 5. The summed E-state index contributed by atoms with van der Waals surface area (Å²) < 4.78 is 0. The van der Waals surface area contributed by atoms with E-state index in [1.165, 1.54) is 6.21 Å². The molecule has 0 aliphatic rings. The van der Waals surface area contributed by atoms with Crippen LogP contribution in [0.4, 0.5) is 17.3 Å². The molecule has 4 N–H and O–H groups in total. The number of primary amides is 1. The zero-order valence-electron chi connectivity index (χ0n) is 13.4. The molecule has 0 spiro atoms. The van der Waals surface area contributed by atoms with Gasteiger partial charge in [0.2, 0.25) is 0 Å². The van der Waals surface area contributed by atoms with Crippen LogP contribution in [-0.4, -0.2) is 22.3 Å². The van der Waals surface area contributed by atoms with Crippen LogP contribution in [0.25, 0.3) is 0 Å². The molecule has 0 bridgehead atoms. The van der Waals surface area contributed by atoms with Crippen molar-refractivity contribution < 1.29 is 4.79 Å². The molecule has 0 saturated heterocycles. The highest BCUT2D eigenvalue weighted by Crippen LogP contribution is 2.27. The van der Waals surface area contributed by atoms with E-state index < -0.39 is 5.91 Å².